The van der Waals surface area contributed by atoms with Gasteiger partial charge < -0.3 is 4.74 Å². The lowest BCUT2D eigenvalue weighted by Gasteiger charge is -1.98. The highest BCUT2D eigenvalue weighted by atomic mass is 35.5. The van der Waals surface area contributed by atoms with Gasteiger partial charge in [0.1, 0.15) is 0 Å². The van der Waals surface area contributed by atoms with Gasteiger partial charge in [-0.3, -0.25) is 4.98 Å². The molecule has 0 bridgehead atoms. The first kappa shape index (κ1) is 13.8. The van der Waals surface area contributed by atoms with Crippen LogP contribution in [-0.2, 0) is 9.53 Å². The van der Waals surface area contributed by atoms with Crippen LogP contribution in [0.5, 0.6) is 0 Å². The first-order valence-electron chi connectivity index (χ1n) is 6.01. The number of cyclic esters (lactones) is 1. The van der Waals surface area contributed by atoms with Gasteiger partial charge in [0.15, 0.2) is 5.70 Å². The van der Waals surface area contributed by atoms with Crippen LogP contribution in [0.15, 0.2) is 53.4 Å². The van der Waals surface area contributed by atoms with E-state index in [1.165, 1.54) is 0 Å². The fraction of sp³-hybridized carbons (Fsp3) is 0. The van der Waals surface area contributed by atoms with Crippen LogP contribution in [0.25, 0.3) is 6.08 Å². The molecule has 0 amide bonds. The van der Waals surface area contributed by atoms with Crippen molar-refractivity contribution in [1.29, 1.82) is 0 Å². The fourth-order valence-corrected chi connectivity index (χ4v) is 2.26. The highest BCUT2D eigenvalue weighted by molar-refractivity contribution is 6.35. The number of hydrogen-bond acceptors (Lipinski definition) is 4. The third-order valence-electron chi connectivity index (χ3n) is 2.80. The quantitative estimate of drug-likeness (QED) is 0.626. The van der Waals surface area contributed by atoms with Gasteiger partial charge in [0.05, 0.1) is 0 Å². The number of benzene rings is 1. The molecule has 6 heteroatoms. The van der Waals surface area contributed by atoms with Crippen LogP contribution in [0, 0.1) is 0 Å². The van der Waals surface area contributed by atoms with Crippen molar-refractivity contribution in [2.45, 2.75) is 0 Å². The second-order valence-electron chi connectivity index (χ2n) is 4.24. The highest BCUT2D eigenvalue weighted by Gasteiger charge is 2.24. The summed E-state index contributed by atoms with van der Waals surface area (Å²) in [5.74, 6) is -0.272. The molecule has 2 aromatic rings. The third kappa shape index (κ3) is 2.96. The highest BCUT2D eigenvalue weighted by Crippen LogP contribution is 2.25. The molecule has 104 valence electrons. The molecule has 2 heterocycles. The van der Waals surface area contributed by atoms with Crippen LogP contribution in [-0.4, -0.2) is 16.9 Å². The van der Waals surface area contributed by atoms with E-state index in [-0.39, 0.29) is 11.6 Å². The zero-order valence-electron chi connectivity index (χ0n) is 10.6. The van der Waals surface area contributed by atoms with Gasteiger partial charge in [-0.1, -0.05) is 29.3 Å². The van der Waals surface area contributed by atoms with Crippen LogP contribution in [0.3, 0.4) is 0 Å². The van der Waals surface area contributed by atoms with Gasteiger partial charge in [0.2, 0.25) is 5.90 Å². The Morgan fingerprint density at radius 3 is 2.57 bits per heavy atom. The van der Waals surface area contributed by atoms with Crippen LogP contribution in [0.4, 0.5) is 0 Å². The SMILES string of the molecule is O=C1OC(c2ccncc2)=NC1=Cc1ccc(Cl)cc1Cl. The van der Waals surface area contributed by atoms with Gasteiger partial charge in [-0.15, -0.1) is 0 Å². The molecule has 1 aliphatic rings. The maximum Gasteiger partial charge on any atom is 0.363 e. The molecule has 0 saturated heterocycles. The summed E-state index contributed by atoms with van der Waals surface area (Å²) >= 11 is 11.9. The number of aliphatic imine (C=N–C) groups is 1. The topological polar surface area (TPSA) is 51.5 Å². The summed E-state index contributed by atoms with van der Waals surface area (Å²) < 4.78 is 5.14. The van der Waals surface area contributed by atoms with Crippen LogP contribution in [0.2, 0.25) is 10.0 Å². The Bertz CT molecular complexity index is 770. The molecular weight excluding hydrogens is 311 g/mol. The second kappa shape index (κ2) is 5.68. The molecule has 0 unspecified atom stereocenters. The van der Waals surface area contributed by atoms with Crippen molar-refractivity contribution >= 4 is 41.1 Å². The lowest BCUT2D eigenvalue weighted by atomic mass is 10.2. The minimum atomic E-state index is -0.521. The molecule has 0 aliphatic carbocycles. The standard InChI is InChI=1S/C15H8Cl2N2O2/c16-11-2-1-10(12(17)8-11)7-13-15(20)21-14(19-13)9-3-5-18-6-4-9/h1-8H. The predicted octanol–water partition coefficient (Wildman–Crippen LogP) is 3.73. The molecule has 3 rings (SSSR count). The second-order valence-corrected chi connectivity index (χ2v) is 5.08. The average Bonchev–Trinajstić information content (AvgIpc) is 2.84. The summed E-state index contributed by atoms with van der Waals surface area (Å²) in [6.45, 7) is 0. The number of carbonyl (C=O) groups is 1. The van der Waals surface area contributed by atoms with E-state index in [1.54, 1.807) is 48.8 Å². The lowest BCUT2D eigenvalue weighted by molar-refractivity contribution is -0.129. The number of carbonyl (C=O) groups excluding carboxylic acids is 1. The van der Waals surface area contributed by atoms with E-state index in [0.29, 0.717) is 21.2 Å². The van der Waals surface area contributed by atoms with E-state index in [1.807, 2.05) is 0 Å². The zero-order valence-corrected chi connectivity index (χ0v) is 12.1. The van der Waals surface area contributed by atoms with Crippen molar-refractivity contribution in [2.24, 2.45) is 4.99 Å². The number of rotatable bonds is 2. The van der Waals surface area contributed by atoms with Gasteiger partial charge in [0, 0.05) is 28.0 Å². The van der Waals surface area contributed by atoms with E-state index in [9.17, 15) is 4.79 Å². The van der Waals surface area contributed by atoms with E-state index >= 15 is 0 Å². The molecule has 4 nitrogen and oxygen atoms in total. The summed E-state index contributed by atoms with van der Waals surface area (Å²) in [7, 11) is 0. The van der Waals surface area contributed by atoms with Crippen LogP contribution in [0.1, 0.15) is 11.1 Å². The van der Waals surface area contributed by atoms with E-state index in [0.717, 1.165) is 0 Å². The Labute approximate surface area is 130 Å². The molecule has 1 aromatic heterocycles. The fourth-order valence-electron chi connectivity index (χ4n) is 1.79. The molecular formula is C15H8Cl2N2O2. The van der Waals surface area contributed by atoms with Crippen molar-refractivity contribution in [3.63, 3.8) is 0 Å². The van der Waals surface area contributed by atoms with E-state index < -0.39 is 5.97 Å². The largest absolute Gasteiger partial charge is 0.402 e. The molecule has 1 aromatic carbocycles. The summed E-state index contributed by atoms with van der Waals surface area (Å²) in [5.41, 5.74) is 1.52. The third-order valence-corrected chi connectivity index (χ3v) is 3.36. The number of halogens is 2. The van der Waals surface area contributed by atoms with Crippen molar-refractivity contribution in [1.82, 2.24) is 4.98 Å². The minimum Gasteiger partial charge on any atom is -0.402 e. The first-order chi connectivity index (χ1) is 10.1. The van der Waals surface area contributed by atoms with Crippen molar-refractivity contribution in [2.75, 3.05) is 0 Å². The molecule has 0 radical (unpaired) electrons. The summed E-state index contributed by atoms with van der Waals surface area (Å²) in [5, 5.41) is 0.965. The van der Waals surface area contributed by atoms with Gasteiger partial charge in [-0.25, -0.2) is 9.79 Å². The monoisotopic (exact) mass is 318 g/mol. The maximum absolute atomic E-state index is 11.9. The number of esters is 1. The molecule has 0 fully saturated rings. The molecule has 0 atom stereocenters. The Balaban J connectivity index is 1.97. The first-order valence-corrected chi connectivity index (χ1v) is 6.77. The summed E-state index contributed by atoms with van der Waals surface area (Å²) in [4.78, 5) is 19.9. The number of pyridine rings is 1. The van der Waals surface area contributed by atoms with Gasteiger partial charge in [0.25, 0.3) is 0 Å². The Kier molecular flexibility index (Phi) is 3.73. The van der Waals surface area contributed by atoms with E-state index in [4.69, 9.17) is 27.9 Å². The molecule has 1 aliphatic heterocycles. The average molecular weight is 319 g/mol. The predicted molar refractivity (Wildman–Crippen MR) is 81.3 cm³/mol. The normalized spacial score (nSPS) is 16.0. The Hall–Kier alpha value is -2.17. The van der Waals surface area contributed by atoms with E-state index in [2.05, 4.69) is 9.98 Å². The Morgan fingerprint density at radius 1 is 1.10 bits per heavy atom. The zero-order chi connectivity index (χ0) is 14.8. The molecule has 21 heavy (non-hydrogen) atoms. The van der Waals surface area contributed by atoms with Crippen molar-refractivity contribution < 1.29 is 9.53 Å². The number of aromatic nitrogens is 1. The molecule has 0 N–H and O–H groups in total. The number of nitrogens with zero attached hydrogens (tertiary/aromatic N) is 2. The summed E-state index contributed by atoms with van der Waals surface area (Å²) in [6, 6.07) is 8.43. The van der Waals surface area contributed by atoms with Crippen LogP contribution >= 0.6 is 23.2 Å². The number of ether oxygens (including phenoxy) is 1. The van der Waals surface area contributed by atoms with Crippen molar-refractivity contribution in [3.8, 4) is 0 Å². The van der Waals surface area contributed by atoms with Gasteiger partial charge in [-0.2, -0.15) is 0 Å². The minimum absolute atomic E-state index is 0.186. The van der Waals surface area contributed by atoms with Gasteiger partial charge in [-0.05, 0) is 35.9 Å². The maximum atomic E-state index is 11.9. The molecule has 0 spiro atoms. The Morgan fingerprint density at radius 2 is 1.86 bits per heavy atom. The summed E-state index contributed by atoms with van der Waals surface area (Å²) in [6.07, 6.45) is 4.77. The van der Waals surface area contributed by atoms with Gasteiger partial charge >= 0.3 is 5.97 Å². The molecule has 0 saturated carbocycles. The number of hydrogen-bond donors (Lipinski definition) is 0. The smallest absolute Gasteiger partial charge is 0.363 e. The van der Waals surface area contributed by atoms with Crippen molar-refractivity contribution in [3.05, 3.63) is 69.6 Å². The lowest BCUT2D eigenvalue weighted by Crippen LogP contribution is -2.05. The van der Waals surface area contributed by atoms with Crippen LogP contribution < -0.4 is 0 Å².